The number of nitrogens with two attached hydrogens (primary N) is 1. The van der Waals surface area contributed by atoms with Gasteiger partial charge in [0.05, 0.1) is 12.7 Å². The fourth-order valence-corrected chi connectivity index (χ4v) is 2.10. The van der Waals surface area contributed by atoms with Crippen molar-refractivity contribution in [1.82, 2.24) is 4.90 Å². The number of nitrogen functional groups attached to an aromatic ring is 1. The molecule has 0 aliphatic heterocycles. The Morgan fingerprint density at radius 2 is 1.85 bits per heavy atom. The summed E-state index contributed by atoms with van der Waals surface area (Å²) in [6, 6.07) is 7.43. The van der Waals surface area contributed by atoms with Gasteiger partial charge in [0.2, 0.25) is 0 Å². The average Bonchev–Trinajstić information content (AvgIpc) is 2.45. The molecule has 1 aromatic carbocycles. The van der Waals surface area contributed by atoms with Crippen LogP contribution < -0.4 is 5.73 Å². The summed E-state index contributed by atoms with van der Waals surface area (Å²) in [5.74, 6) is 0. The number of aliphatic hydroxyl groups is 1. The zero-order valence-electron chi connectivity index (χ0n) is 12.4. The van der Waals surface area contributed by atoms with Crippen LogP contribution in [0.3, 0.4) is 0 Å². The monoisotopic (exact) mass is 282 g/mol. The summed E-state index contributed by atoms with van der Waals surface area (Å²) in [5, 5.41) is 10.3. The van der Waals surface area contributed by atoms with Crippen LogP contribution in [-0.2, 0) is 9.47 Å². The summed E-state index contributed by atoms with van der Waals surface area (Å²) >= 11 is 0. The lowest BCUT2D eigenvalue weighted by atomic mass is 10.1. The molecule has 0 heterocycles. The first kappa shape index (κ1) is 16.9. The predicted molar refractivity (Wildman–Crippen MR) is 80.6 cm³/mol. The largest absolute Gasteiger partial charge is 0.398 e. The van der Waals surface area contributed by atoms with Crippen LogP contribution in [-0.4, -0.2) is 57.1 Å². The molecule has 20 heavy (non-hydrogen) atoms. The van der Waals surface area contributed by atoms with Crippen molar-refractivity contribution in [1.29, 1.82) is 0 Å². The SMILES string of the molecule is COCCCN(CCOC)CC(O)c1ccccc1N. The molecule has 1 aromatic rings. The quantitative estimate of drug-likeness (QED) is 0.500. The molecule has 3 N–H and O–H groups in total. The van der Waals surface area contributed by atoms with E-state index in [0.717, 1.165) is 25.1 Å². The topological polar surface area (TPSA) is 68.0 Å². The number of aliphatic hydroxyl groups excluding tert-OH is 1. The van der Waals surface area contributed by atoms with Crippen LogP contribution in [0.4, 0.5) is 5.69 Å². The third kappa shape index (κ3) is 5.88. The Morgan fingerprint density at radius 1 is 1.15 bits per heavy atom. The lowest BCUT2D eigenvalue weighted by Gasteiger charge is -2.25. The normalized spacial score (nSPS) is 12.8. The molecule has 0 aliphatic carbocycles. The van der Waals surface area contributed by atoms with Gasteiger partial charge in [0.1, 0.15) is 0 Å². The van der Waals surface area contributed by atoms with E-state index in [1.807, 2.05) is 24.3 Å². The van der Waals surface area contributed by atoms with E-state index in [0.29, 0.717) is 25.4 Å². The number of para-hydroxylation sites is 1. The van der Waals surface area contributed by atoms with Crippen LogP contribution >= 0.6 is 0 Å². The molecule has 114 valence electrons. The number of anilines is 1. The van der Waals surface area contributed by atoms with Crippen molar-refractivity contribution < 1.29 is 14.6 Å². The molecule has 0 aromatic heterocycles. The summed E-state index contributed by atoms with van der Waals surface area (Å²) in [7, 11) is 3.37. The average molecular weight is 282 g/mol. The molecule has 5 nitrogen and oxygen atoms in total. The van der Waals surface area contributed by atoms with Gasteiger partial charge in [-0.2, -0.15) is 0 Å². The molecule has 1 unspecified atom stereocenters. The van der Waals surface area contributed by atoms with Crippen molar-refractivity contribution in [2.45, 2.75) is 12.5 Å². The predicted octanol–water partition coefficient (Wildman–Crippen LogP) is 1.29. The Hall–Kier alpha value is -1.14. The molecule has 0 bridgehead atoms. The smallest absolute Gasteiger partial charge is 0.0936 e. The molecule has 5 heteroatoms. The number of methoxy groups -OCH3 is 2. The van der Waals surface area contributed by atoms with Crippen LogP contribution in [0.15, 0.2) is 24.3 Å². The number of hydrogen-bond acceptors (Lipinski definition) is 5. The molecule has 1 rings (SSSR count). The Labute approximate surface area is 121 Å². The van der Waals surface area contributed by atoms with E-state index < -0.39 is 6.10 Å². The van der Waals surface area contributed by atoms with Gasteiger partial charge in [-0.05, 0) is 12.5 Å². The number of hydrogen-bond donors (Lipinski definition) is 2. The van der Waals surface area contributed by atoms with Crippen molar-refractivity contribution in [3.63, 3.8) is 0 Å². The fraction of sp³-hybridized carbons (Fsp3) is 0.600. The number of ether oxygens (including phenoxy) is 2. The first-order valence-electron chi connectivity index (χ1n) is 6.91. The van der Waals surface area contributed by atoms with E-state index in [1.54, 1.807) is 14.2 Å². The van der Waals surface area contributed by atoms with Gasteiger partial charge in [-0.3, -0.25) is 4.90 Å². The van der Waals surface area contributed by atoms with Crippen molar-refractivity contribution >= 4 is 5.69 Å². The third-order valence-corrected chi connectivity index (χ3v) is 3.22. The second-order valence-electron chi connectivity index (χ2n) is 4.78. The molecule has 0 fully saturated rings. The Bertz CT molecular complexity index is 374. The zero-order valence-corrected chi connectivity index (χ0v) is 12.4. The van der Waals surface area contributed by atoms with E-state index >= 15 is 0 Å². The van der Waals surface area contributed by atoms with Crippen LogP contribution in [0.1, 0.15) is 18.1 Å². The summed E-state index contributed by atoms with van der Waals surface area (Å²) in [4.78, 5) is 2.17. The summed E-state index contributed by atoms with van der Waals surface area (Å²) in [6.07, 6.45) is 0.340. The fourth-order valence-electron chi connectivity index (χ4n) is 2.10. The maximum Gasteiger partial charge on any atom is 0.0936 e. The highest BCUT2D eigenvalue weighted by Gasteiger charge is 2.15. The van der Waals surface area contributed by atoms with Gasteiger partial charge in [-0.15, -0.1) is 0 Å². The van der Waals surface area contributed by atoms with Gasteiger partial charge in [0.15, 0.2) is 0 Å². The molecule has 0 aliphatic rings. The van der Waals surface area contributed by atoms with E-state index in [1.165, 1.54) is 0 Å². The third-order valence-electron chi connectivity index (χ3n) is 3.22. The maximum atomic E-state index is 10.3. The first-order valence-corrected chi connectivity index (χ1v) is 6.91. The number of benzene rings is 1. The van der Waals surface area contributed by atoms with Crippen molar-refractivity contribution in [2.75, 3.05) is 52.8 Å². The molecule has 0 radical (unpaired) electrons. The van der Waals surface area contributed by atoms with Gasteiger partial charge in [-0.1, -0.05) is 18.2 Å². The van der Waals surface area contributed by atoms with Crippen molar-refractivity contribution in [2.24, 2.45) is 0 Å². The molecule has 0 saturated heterocycles. The second-order valence-corrected chi connectivity index (χ2v) is 4.78. The van der Waals surface area contributed by atoms with Gasteiger partial charge in [-0.25, -0.2) is 0 Å². The molecule has 0 saturated carbocycles. The molecule has 0 amide bonds. The Kier molecular flexibility index (Phi) is 8.22. The van der Waals surface area contributed by atoms with E-state index in [4.69, 9.17) is 15.2 Å². The number of rotatable bonds is 10. The minimum Gasteiger partial charge on any atom is -0.398 e. The molecule has 1 atom stereocenters. The van der Waals surface area contributed by atoms with Gasteiger partial charge < -0.3 is 20.3 Å². The molecule has 0 spiro atoms. The lowest BCUT2D eigenvalue weighted by molar-refractivity contribution is 0.0821. The highest BCUT2D eigenvalue weighted by Crippen LogP contribution is 2.20. The van der Waals surface area contributed by atoms with Crippen molar-refractivity contribution in [3.8, 4) is 0 Å². The highest BCUT2D eigenvalue weighted by molar-refractivity contribution is 5.47. The first-order chi connectivity index (χ1) is 9.69. The van der Waals surface area contributed by atoms with Crippen LogP contribution in [0.25, 0.3) is 0 Å². The van der Waals surface area contributed by atoms with E-state index in [-0.39, 0.29) is 0 Å². The highest BCUT2D eigenvalue weighted by atomic mass is 16.5. The van der Waals surface area contributed by atoms with Crippen molar-refractivity contribution in [3.05, 3.63) is 29.8 Å². The van der Waals surface area contributed by atoms with Crippen LogP contribution in [0.5, 0.6) is 0 Å². The maximum absolute atomic E-state index is 10.3. The summed E-state index contributed by atoms with van der Waals surface area (Å²) in [6.45, 7) is 3.54. The minimum atomic E-state index is -0.587. The van der Waals surface area contributed by atoms with E-state index in [9.17, 15) is 5.11 Å². The summed E-state index contributed by atoms with van der Waals surface area (Å²) < 4.78 is 10.2. The summed E-state index contributed by atoms with van der Waals surface area (Å²) in [5.41, 5.74) is 7.30. The molecular weight excluding hydrogens is 256 g/mol. The van der Waals surface area contributed by atoms with Gasteiger partial charge in [0, 0.05) is 51.7 Å². The second kappa shape index (κ2) is 9.72. The number of nitrogens with zero attached hydrogens (tertiary/aromatic N) is 1. The lowest BCUT2D eigenvalue weighted by Crippen LogP contribution is -2.33. The molecular formula is C15H26N2O3. The van der Waals surface area contributed by atoms with Crippen LogP contribution in [0, 0.1) is 0 Å². The van der Waals surface area contributed by atoms with E-state index in [2.05, 4.69) is 4.90 Å². The minimum absolute atomic E-state index is 0.543. The zero-order chi connectivity index (χ0) is 14.8. The standard InChI is InChI=1S/C15H26N2O3/c1-19-10-5-8-17(9-11-20-2)12-15(18)13-6-3-4-7-14(13)16/h3-4,6-7,15,18H,5,8-12,16H2,1-2H3. The van der Waals surface area contributed by atoms with Crippen LogP contribution in [0.2, 0.25) is 0 Å². The Balaban J connectivity index is 2.56. The van der Waals surface area contributed by atoms with Gasteiger partial charge >= 0.3 is 0 Å². The Morgan fingerprint density at radius 3 is 2.50 bits per heavy atom. The van der Waals surface area contributed by atoms with Gasteiger partial charge in [0.25, 0.3) is 0 Å².